The Kier molecular flexibility index (Phi) is 6.00. The van der Waals surface area contributed by atoms with E-state index in [1.807, 2.05) is 59.4 Å². The molecule has 0 bridgehead atoms. The van der Waals surface area contributed by atoms with E-state index in [2.05, 4.69) is 47.7 Å². The number of imidazole rings is 1. The van der Waals surface area contributed by atoms with Crippen molar-refractivity contribution in [2.24, 2.45) is 0 Å². The van der Waals surface area contributed by atoms with Crippen LogP contribution < -0.4 is 0 Å². The second-order valence-electron chi connectivity index (χ2n) is 9.60. The number of hydrogen-bond donors (Lipinski definition) is 1. The molecule has 0 spiro atoms. The molecule has 0 amide bonds. The molecule has 6 aromatic rings. The fourth-order valence-electron chi connectivity index (χ4n) is 5.33. The molecule has 0 aliphatic heterocycles. The van der Waals surface area contributed by atoms with Crippen LogP contribution in [0.3, 0.4) is 0 Å². The quantitative estimate of drug-likeness (QED) is 0.255. The molecule has 0 radical (unpaired) electrons. The minimum absolute atomic E-state index is 0.277. The number of carboxylic acid groups (broad SMARTS) is 1. The zero-order valence-corrected chi connectivity index (χ0v) is 21.4. The standard InChI is InChI=1S/C32H28N4O2/c1-3-9-30-34-31-21(2)18-23(26-12-6-7-16-33-26)19-29(31)36(30)20-22-10-8-14-27-24(22)15-17-35(27)28-13-5-4-11-25(28)32(37)38/h4-8,10-19H,3,9,20H2,1-2H3,(H,37,38). The van der Waals surface area contributed by atoms with Gasteiger partial charge in [0.1, 0.15) is 5.82 Å². The molecule has 0 saturated heterocycles. The number of aromatic nitrogens is 4. The molecule has 3 aromatic carbocycles. The molecule has 0 atom stereocenters. The van der Waals surface area contributed by atoms with Crippen molar-refractivity contribution in [1.29, 1.82) is 0 Å². The number of fused-ring (bicyclic) bond motifs is 2. The first-order valence-corrected chi connectivity index (χ1v) is 12.9. The van der Waals surface area contributed by atoms with Crippen molar-refractivity contribution >= 4 is 27.9 Å². The molecule has 0 fully saturated rings. The number of benzene rings is 3. The Morgan fingerprint density at radius 2 is 1.79 bits per heavy atom. The summed E-state index contributed by atoms with van der Waals surface area (Å²) < 4.78 is 4.29. The highest BCUT2D eigenvalue weighted by Gasteiger charge is 2.17. The van der Waals surface area contributed by atoms with Crippen molar-refractivity contribution in [2.45, 2.75) is 33.2 Å². The lowest BCUT2D eigenvalue weighted by atomic mass is 10.1. The topological polar surface area (TPSA) is 72.9 Å². The number of para-hydroxylation sites is 1. The summed E-state index contributed by atoms with van der Waals surface area (Å²) in [7, 11) is 0. The zero-order valence-electron chi connectivity index (χ0n) is 21.4. The second-order valence-corrected chi connectivity index (χ2v) is 9.60. The second kappa shape index (κ2) is 9.63. The van der Waals surface area contributed by atoms with Gasteiger partial charge in [-0.3, -0.25) is 4.98 Å². The third kappa shape index (κ3) is 4.04. The van der Waals surface area contributed by atoms with Crippen molar-refractivity contribution < 1.29 is 9.90 Å². The maximum Gasteiger partial charge on any atom is 0.337 e. The van der Waals surface area contributed by atoms with Crippen LogP contribution in [0.1, 0.15) is 40.7 Å². The van der Waals surface area contributed by atoms with Crippen LogP contribution >= 0.6 is 0 Å². The van der Waals surface area contributed by atoms with E-state index in [1.54, 1.807) is 12.1 Å². The molecule has 3 heterocycles. The van der Waals surface area contributed by atoms with Crippen molar-refractivity contribution in [3.63, 3.8) is 0 Å². The van der Waals surface area contributed by atoms with Crippen LogP contribution in [0, 0.1) is 6.92 Å². The van der Waals surface area contributed by atoms with Gasteiger partial charge >= 0.3 is 5.97 Å². The van der Waals surface area contributed by atoms with Gasteiger partial charge in [-0.2, -0.15) is 0 Å². The minimum Gasteiger partial charge on any atom is -0.478 e. The van der Waals surface area contributed by atoms with Gasteiger partial charge < -0.3 is 14.2 Å². The monoisotopic (exact) mass is 500 g/mol. The van der Waals surface area contributed by atoms with Gasteiger partial charge in [0.05, 0.1) is 40.0 Å². The van der Waals surface area contributed by atoms with Crippen molar-refractivity contribution in [1.82, 2.24) is 19.1 Å². The largest absolute Gasteiger partial charge is 0.478 e. The average molecular weight is 501 g/mol. The van der Waals surface area contributed by atoms with Crippen LogP contribution in [-0.4, -0.2) is 30.2 Å². The molecule has 38 heavy (non-hydrogen) atoms. The molecular formula is C32H28N4O2. The molecule has 1 N–H and O–H groups in total. The number of aryl methyl sites for hydroxylation is 2. The number of rotatable bonds is 7. The van der Waals surface area contributed by atoms with E-state index in [1.165, 1.54) is 0 Å². The molecule has 0 aliphatic rings. The smallest absolute Gasteiger partial charge is 0.337 e. The summed E-state index contributed by atoms with van der Waals surface area (Å²) >= 11 is 0. The number of nitrogens with zero attached hydrogens (tertiary/aromatic N) is 4. The Bertz CT molecular complexity index is 1800. The summed E-state index contributed by atoms with van der Waals surface area (Å²) in [5.41, 5.74) is 8.34. The maximum atomic E-state index is 11.9. The highest BCUT2D eigenvalue weighted by atomic mass is 16.4. The van der Waals surface area contributed by atoms with E-state index in [-0.39, 0.29) is 5.56 Å². The van der Waals surface area contributed by atoms with Crippen LogP contribution in [0.2, 0.25) is 0 Å². The third-order valence-electron chi connectivity index (χ3n) is 7.10. The van der Waals surface area contributed by atoms with Gasteiger partial charge in [-0.15, -0.1) is 0 Å². The van der Waals surface area contributed by atoms with Gasteiger partial charge in [-0.25, -0.2) is 9.78 Å². The van der Waals surface area contributed by atoms with Gasteiger partial charge in [0, 0.05) is 29.8 Å². The van der Waals surface area contributed by atoms with Crippen LogP contribution in [0.4, 0.5) is 0 Å². The van der Waals surface area contributed by atoms with Gasteiger partial charge in [-0.05, 0) is 73.0 Å². The molecule has 6 nitrogen and oxygen atoms in total. The van der Waals surface area contributed by atoms with Crippen LogP contribution in [0.15, 0.2) is 91.3 Å². The first-order valence-electron chi connectivity index (χ1n) is 12.9. The molecule has 0 aliphatic carbocycles. The van der Waals surface area contributed by atoms with E-state index in [4.69, 9.17) is 4.98 Å². The van der Waals surface area contributed by atoms with Gasteiger partial charge in [0.15, 0.2) is 0 Å². The fraction of sp³-hybridized carbons (Fsp3) is 0.156. The first-order chi connectivity index (χ1) is 18.5. The van der Waals surface area contributed by atoms with E-state index >= 15 is 0 Å². The lowest BCUT2D eigenvalue weighted by molar-refractivity contribution is 0.0697. The van der Waals surface area contributed by atoms with Crippen molar-refractivity contribution in [2.75, 3.05) is 0 Å². The third-order valence-corrected chi connectivity index (χ3v) is 7.10. The lowest BCUT2D eigenvalue weighted by Crippen LogP contribution is -2.06. The Morgan fingerprint density at radius 3 is 2.58 bits per heavy atom. The normalized spacial score (nSPS) is 11.4. The molecule has 6 rings (SSSR count). The van der Waals surface area contributed by atoms with E-state index in [9.17, 15) is 9.90 Å². The summed E-state index contributed by atoms with van der Waals surface area (Å²) in [5.74, 6) is 0.128. The van der Waals surface area contributed by atoms with Crippen LogP contribution in [-0.2, 0) is 13.0 Å². The number of carbonyl (C=O) groups is 1. The minimum atomic E-state index is -0.938. The summed E-state index contributed by atoms with van der Waals surface area (Å²) in [6, 6.07) is 25.8. The molecule has 0 unspecified atom stereocenters. The number of aromatic carboxylic acids is 1. The molecular weight excluding hydrogens is 472 g/mol. The summed E-state index contributed by atoms with van der Waals surface area (Å²) in [5, 5.41) is 10.8. The van der Waals surface area contributed by atoms with Crippen molar-refractivity contribution in [3.05, 3.63) is 114 Å². The Labute approximate surface area is 220 Å². The highest BCUT2D eigenvalue weighted by Crippen LogP contribution is 2.31. The van der Waals surface area contributed by atoms with E-state index in [0.717, 1.165) is 63.0 Å². The van der Waals surface area contributed by atoms with E-state index in [0.29, 0.717) is 12.2 Å². The summed E-state index contributed by atoms with van der Waals surface area (Å²) in [4.78, 5) is 21.5. The highest BCUT2D eigenvalue weighted by molar-refractivity contribution is 5.94. The average Bonchev–Trinajstić information content (AvgIpc) is 3.52. The fourth-order valence-corrected chi connectivity index (χ4v) is 5.33. The van der Waals surface area contributed by atoms with Gasteiger partial charge in [0.2, 0.25) is 0 Å². The molecule has 6 heteroatoms. The zero-order chi connectivity index (χ0) is 26.2. The summed E-state index contributed by atoms with van der Waals surface area (Å²) in [6.45, 7) is 4.96. The SMILES string of the molecule is CCCc1nc2c(C)cc(-c3ccccn3)cc2n1Cc1cccc2c1ccn2-c1ccccc1C(=O)O. The van der Waals surface area contributed by atoms with Crippen LogP contribution in [0.5, 0.6) is 0 Å². The Hall–Kier alpha value is -4.71. The number of carboxylic acids is 1. The van der Waals surface area contributed by atoms with Gasteiger partial charge in [-0.1, -0.05) is 37.3 Å². The molecule has 0 saturated carbocycles. The molecule has 188 valence electrons. The predicted molar refractivity (Wildman–Crippen MR) is 151 cm³/mol. The Morgan fingerprint density at radius 1 is 0.947 bits per heavy atom. The van der Waals surface area contributed by atoms with Crippen molar-refractivity contribution in [3.8, 4) is 16.9 Å². The lowest BCUT2D eigenvalue weighted by Gasteiger charge is -2.13. The Balaban J connectivity index is 1.50. The first kappa shape index (κ1) is 23.7. The molecule has 3 aromatic heterocycles. The number of hydrogen-bond acceptors (Lipinski definition) is 3. The maximum absolute atomic E-state index is 11.9. The number of pyridine rings is 1. The van der Waals surface area contributed by atoms with Gasteiger partial charge in [0.25, 0.3) is 0 Å². The van der Waals surface area contributed by atoms with E-state index < -0.39 is 5.97 Å². The summed E-state index contributed by atoms with van der Waals surface area (Å²) in [6.07, 6.45) is 5.67. The predicted octanol–water partition coefficient (Wildman–Crippen LogP) is 7.05. The van der Waals surface area contributed by atoms with Crippen LogP contribution in [0.25, 0.3) is 38.9 Å².